The van der Waals surface area contributed by atoms with Crippen LogP contribution in [0.25, 0.3) is 95.0 Å². The molecule has 13 aromatic rings. The number of aryl methyl sites for hydroxylation is 4. The second kappa shape index (κ2) is 20.2. The predicted molar refractivity (Wildman–Crippen MR) is 329 cm³/mol. The second-order valence-corrected chi connectivity index (χ2v) is 24.4. The van der Waals surface area contributed by atoms with Crippen LogP contribution in [-0.4, -0.2) is 27.6 Å². The van der Waals surface area contributed by atoms with Crippen LogP contribution in [0, 0.1) is 27.7 Å². The van der Waals surface area contributed by atoms with E-state index < -0.39 is 8.07 Å². The average Bonchev–Trinajstić information content (AvgIpc) is 4.04. The van der Waals surface area contributed by atoms with Gasteiger partial charge in [-0.15, -0.1) is 0 Å². The van der Waals surface area contributed by atoms with Crippen molar-refractivity contribution in [2.45, 2.75) is 27.7 Å². The van der Waals surface area contributed by atoms with Gasteiger partial charge < -0.3 is 4.57 Å². The van der Waals surface area contributed by atoms with Gasteiger partial charge in [-0.25, -0.2) is 15.0 Å². The first kappa shape index (κ1) is 48.1. The van der Waals surface area contributed by atoms with Gasteiger partial charge in [0.1, 0.15) is 0 Å². The summed E-state index contributed by atoms with van der Waals surface area (Å²) in [4.78, 5) is 15.9. The van der Waals surface area contributed by atoms with E-state index >= 15 is 0 Å². The van der Waals surface area contributed by atoms with E-state index in [0.717, 1.165) is 44.5 Å². The number of benzene rings is 11. The van der Waals surface area contributed by atoms with Gasteiger partial charge in [0.15, 0.2) is 25.5 Å². The maximum atomic E-state index is 5.39. The molecule has 0 saturated carbocycles. The van der Waals surface area contributed by atoms with Crippen LogP contribution in [0.2, 0.25) is 0 Å². The zero-order valence-electron chi connectivity index (χ0n) is 44.2. The third-order valence-electron chi connectivity index (χ3n) is 15.6. The van der Waals surface area contributed by atoms with Crippen molar-refractivity contribution in [3.8, 4) is 73.2 Å². The molecule has 13 rings (SSSR count). The third kappa shape index (κ3) is 8.64. The fourth-order valence-electron chi connectivity index (χ4n) is 11.9. The number of hydrogen-bond donors (Lipinski definition) is 0. The molecule has 2 heterocycles. The molecule has 11 aromatic carbocycles. The Morgan fingerprint density at radius 2 is 0.667 bits per heavy atom. The quantitative estimate of drug-likeness (QED) is 0.0958. The minimum absolute atomic E-state index is 0.593. The molecule has 0 amide bonds. The number of hydrogen-bond acceptors (Lipinski definition) is 3. The summed E-state index contributed by atoms with van der Waals surface area (Å²) in [7, 11) is -2.86. The normalized spacial score (nSPS) is 11.6. The highest BCUT2D eigenvalue weighted by atomic mass is 28.3. The largest absolute Gasteiger partial charge is 0.308 e. The molecule has 0 N–H and O–H groups in total. The first-order valence-corrected chi connectivity index (χ1v) is 28.8. The average molecular weight is 1020 g/mol. The van der Waals surface area contributed by atoms with Crippen LogP contribution in [0.1, 0.15) is 22.3 Å². The second-order valence-electron chi connectivity index (χ2n) is 20.6. The molecule has 0 spiro atoms. The van der Waals surface area contributed by atoms with Crippen molar-refractivity contribution in [3.63, 3.8) is 0 Å². The van der Waals surface area contributed by atoms with Gasteiger partial charge in [-0.3, -0.25) is 0 Å². The Kier molecular flexibility index (Phi) is 12.5. The van der Waals surface area contributed by atoms with Crippen LogP contribution in [0.15, 0.2) is 267 Å². The van der Waals surface area contributed by atoms with E-state index in [0.29, 0.717) is 17.5 Å². The summed E-state index contributed by atoms with van der Waals surface area (Å²) in [6.07, 6.45) is 0. The fraction of sp³-hybridized carbons (Fsp3) is 0.0548. The van der Waals surface area contributed by atoms with Gasteiger partial charge in [-0.2, -0.15) is 0 Å². The van der Waals surface area contributed by atoms with Gasteiger partial charge >= 0.3 is 0 Å². The lowest BCUT2D eigenvalue weighted by Crippen LogP contribution is -2.74. The molecule has 4 nitrogen and oxygen atoms in total. The number of aromatic nitrogens is 4. The zero-order chi connectivity index (χ0) is 52.7. The van der Waals surface area contributed by atoms with E-state index in [2.05, 4.69) is 263 Å². The molecule has 372 valence electrons. The van der Waals surface area contributed by atoms with Crippen molar-refractivity contribution in [2.75, 3.05) is 0 Å². The molecule has 0 aliphatic rings. The molecular formula is C73H56N4Si. The van der Waals surface area contributed by atoms with E-state index in [9.17, 15) is 0 Å². The fourth-order valence-corrected chi connectivity index (χ4v) is 16.7. The van der Waals surface area contributed by atoms with E-state index in [4.69, 9.17) is 15.0 Å². The Morgan fingerprint density at radius 3 is 1.13 bits per heavy atom. The molecule has 0 aliphatic heterocycles. The van der Waals surface area contributed by atoms with Gasteiger partial charge in [0, 0.05) is 27.5 Å². The molecule has 0 bridgehead atoms. The molecule has 0 unspecified atom stereocenters. The smallest absolute Gasteiger partial charge is 0.179 e. The summed E-state index contributed by atoms with van der Waals surface area (Å²) in [5, 5.41) is 7.64. The van der Waals surface area contributed by atoms with Crippen LogP contribution >= 0.6 is 0 Å². The number of rotatable bonds is 11. The van der Waals surface area contributed by atoms with Gasteiger partial charge in [-0.1, -0.05) is 242 Å². The number of nitrogens with zero attached hydrogens (tertiary/aromatic N) is 4. The summed E-state index contributed by atoms with van der Waals surface area (Å²) >= 11 is 0. The van der Waals surface area contributed by atoms with Crippen LogP contribution in [-0.2, 0) is 0 Å². The maximum Gasteiger partial charge on any atom is 0.179 e. The lowest BCUT2D eigenvalue weighted by Gasteiger charge is -2.34. The van der Waals surface area contributed by atoms with E-state index in [1.807, 2.05) is 36.4 Å². The molecule has 0 radical (unpaired) electrons. The lowest BCUT2D eigenvalue weighted by molar-refractivity contribution is 1.06. The molecule has 0 saturated heterocycles. The van der Waals surface area contributed by atoms with Gasteiger partial charge in [0.25, 0.3) is 0 Å². The van der Waals surface area contributed by atoms with E-state index in [-0.39, 0.29) is 0 Å². The molecule has 0 fully saturated rings. The zero-order valence-corrected chi connectivity index (χ0v) is 45.2. The third-order valence-corrected chi connectivity index (χ3v) is 20.4. The molecule has 0 atom stereocenters. The van der Waals surface area contributed by atoms with Gasteiger partial charge in [0.05, 0.1) is 16.7 Å². The first-order chi connectivity index (χ1) is 38.3. The standard InChI is InChI=1S/C73H56N4Si/c1-49-33-38-63(51(3)43-49)57-36-41-68-66(46-57)67-47-58(64-39-34-50(2)44-52(64)4)37-42-69(67)77(68)70-48-56(35-40-65(70)73-75-71(53-21-10-5-11-22-53)74-72(76-73)54-23-12-6-13-24-54)55-25-20-32-62(45-55)78(59-26-14-7-15-27-59,60-28-16-8-17-29-60)61-30-18-9-19-31-61/h5-48H,1-4H3. The van der Waals surface area contributed by atoms with Gasteiger partial charge in [0.2, 0.25) is 0 Å². The van der Waals surface area contributed by atoms with E-state index in [1.165, 1.54) is 76.0 Å². The number of fused-ring (bicyclic) bond motifs is 3. The Labute approximate surface area is 457 Å². The molecule has 78 heavy (non-hydrogen) atoms. The highest BCUT2D eigenvalue weighted by Crippen LogP contribution is 2.42. The minimum atomic E-state index is -2.86. The summed E-state index contributed by atoms with van der Waals surface area (Å²) in [5.74, 6) is 1.82. The SMILES string of the molecule is Cc1ccc(-c2ccc3c(c2)c2cc(-c4ccc(C)cc4C)ccc2n3-c2cc(-c3cccc([Si](c4ccccc4)(c4ccccc4)c4ccccc4)c3)ccc2-c2nc(-c3ccccc3)nc(-c3ccccc3)n2)c(C)c1. The Hall–Kier alpha value is -9.55. The van der Waals surface area contributed by atoms with Crippen LogP contribution < -0.4 is 20.7 Å². The lowest BCUT2D eigenvalue weighted by atomic mass is 9.95. The van der Waals surface area contributed by atoms with Crippen LogP contribution in [0.4, 0.5) is 0 Å². The Balaban J connectivity index is 1.10. The Morgan fingerprint density at radius 1 is 0.282 bits per heavy atom. The van der Waals surface area contributed by atoms with E-state index in [1.54, 1.807) is 0 Å². The first-order valence-electron chi connectivity index (χ1n) is 26.8. The van der Waals surface area contributed by atoms with Crippen molar-refractivity contribution >= 4 is 50.6 Å². The molecular weight excluding hydrogens is 961 g/mol. The summed E-state index contributed by atoms with van der Waals surface area (Å²) in [5.41, 5.74) is 17.9. The molecule has 2 aromatic heterocycles. The van der Waals surface area contributed by atoms with Crippen molar-refractivity contribution in [3.05, 3.63) is 289 Å². The van der Waals surface area contributed by atoms with Crippen molar-refractivity contribution in [1.29, 1.82) is 0 Å². The predicted octanol–water partition coefficient (Wildman–Crippen LogP) is 15.6. The summed E-state index contributed by atoms with van der Waals surface area (Å²) in [6, 6.07) is 97.7. The highest BCUT2D eigenvalue weighted by molar-refractivity contribution is 7.19. The molecule has 0 aliphatic carbocycles. The van der Waals surface area contributed by atoms with Crippen molar-refractivity contribution in [1.82, 2.24) is 19.5 Å². The highest BCUT2D eigenvalue weighted by Gasteiger charge is 2.41. The van der Waals surface area contributed by atoms with Gasteiger partial charge in [-0.05, 0) is 129 Å². The summed E-state index contributed by atoms with van der Waals surface area (Å²) in [6.45, 7) is 8.76. The monoisotopic (exact) mass is 1020 g/mol. The van der Waals surface area contributed by atoms with Crippen LogP contribution in [0.5, 0.6) is 0 Å². The van der Waals surface area contributed by atoms with Crippen LogP contribution in [0.3, 0.4) is 0 Å². The Bertz CT molecular complexity index is 4080. The maximum absolute atomic E-state index is 5.39. The van der Waals surface area contributed by atoms with Crippen molar-refractivity contribution in [2.24, 2.45) is 0 Å². The van der Waals surface area contributed by atoms with Crippen molar-refractivity contribution < 1.29 is 0 Å². The summed E-state index contributed by atoms with van der Waals surface area (Å²) < 4.78 is 2.45. The topological polar surface area (TPSA) is 43.6 Å². The minimum Gasteiger partial charge on any atom is -0.308 e. The molecule has 5 heteroatoms.